The Bertz CT molecular complexity index is 363. The Labute approximate surface area is 106 Å². The van der Waals surface area contributed by atoms with E-state index in [1.165, 1.54) is 6.07 Å². The summed E-state index contributed by atoms with van der Waals surface area (Å²) < 4.78 is 37.5. The molecule has 0 aliphatic carbocycles. The summed E-state index contributed by atoms with van der Waals surface area (Å²) in [5.41, 5.74) is -0.0569. The Hall–Kier alpha value is -0.483. The summed E-state index contributed by atoms with van der Waals surface area (Å²) in [6.45, 7) is 4.41. The fourth-order valence-electron chi connectivity index (χ4n) is 1.56. The first-order valence-corrected chi connectivity index (χ1v) is 9.18. The normalized spacial score (nSPS) is 14.1. The van der Waals surface area contributed by atoms with Crippen LogP contribution in [0, 0.1) is 0 Å². The summed E-state index contributed by atoms with van der Waals surface area (Å²) in [6.07, 6.45) is -3.54. The molecular formula is C12H16ClF3Si. The van der Waals surface area contributed by atoms with Gasteiger partial charge in [0, 0.05) is 8.80 Å². The van der Waals surface area contributed by atoms with Gasteiger partial charge in [-0.25, -0.2) is 0 Å². The Morgan fingerprint density at radius 1 is 1.29 bits per heavy atom. The van der Waals surface area contributed by atoms with E-state index in [0.717, 1.165) is 24.6 Å². The number of hydrogen-bond acceptors (Lipinski definition) is 0. The van der Waals surface area contributed by atoms with Gasteiger partial charge >= 0.3 is 6.18 Å². The third kappa shape index (κ3) is 4.72. The second-order valence-corrected chi connectivity index (χ2v) is 8.45. The molecule has 0 bridgehead atoms. The van der Waals surface area contributed by atoms with Crippen molar-refractivity contribution >= 4 is 20.4 Å². The SMILES string of the molecule is C[SiH](C)CCC(Cl)c1cccc(C(F)(F)F)c1. The molecule has 0 saturated heterocycles. The minimum Gasteiger partial charge on any atom is -0.166 e. The zero-order valence-corrected chi connectivity index (χ0v) is 11.8. The molecule has 0 N–H and O–H groups in total. The highest BCUT2D eigenvalue weighted by atomic mass is 35.5. The fourth-order valence-corrected chi connectivity index (χ4v) is 3.03. The van der Waals surface area contributed by atoms with Crippen LogP contribution in [0.25, 0.3) is 0 Å². The fraction of sp³-hybridized carbons (Fsp3) is 0.500. The second-order valence-electron chi connectivity index (χ2n) is 4.56. The van der Waals surface area contributed by atoms with Gasteiger partial charge in [-0.05, 0) is 18.1 Å². The maximum Gasteiger partial charge on any atom is 0.416 e. The van der Waals surface area contributed by atoms with Crippen molar-refractivity contribution in [3.8, 4) is 0 Å². The third-order valence-corrected chi connectivity index (χ3v) is 4.53. The molecule has 1 atom stereocenters. The highest BCUT2D eigenvalue weighted by Gasteiger charge is 2.30. The molecule has 0 aliphatic heterocycles. The van der Waals surface area contributed by atoms with Crippen molar-refractivity contribution in [2.45, 2.75) is 37.1 Å². The number of hydrogen-bond donors (Lipinski definition) is 0. The first-order chi connectivity index (χ1) is 7.80. The Morgan fingerprint density at radius 2 is 1.94 bits per heavy atom. The zero-order valence-electron chi connectivity index (χ0n) is 9.89. The topological polar surface area (TPSA) is 0 Å². The van der Waals surface area contributed by atoms with E-state index in [2.05, 4.69) is 13.1 Å². The largest absolute Gasteiger partial charge is 0.416 e. The molecule has 1 rings (SSSR count). The Kier molecular flexibility index (Phi) is 5.07. The first kappa shape index (κ1) is 14.6. The van der Waals surface area contributed by atoms with Crippen molar-refractivity contribution < 1.29 is 13.2 Å². The maximum absolute atomic E-state index is 12.5. The third-order valence-electron chi connectivity index (χ3n) is 2.57. The molecule has 17 heavy (non-hydrogen) atoms. The van der Waals surface area contributed by atoms with Gasteiger partial charge in [0.1, 0.15) is 0 Å². The molecule has 1 aromatic rings. The van der Waals surface area contributed by atoms with E-state index in [4.69, 9.17) is 11.6 Å². The average molecular weight is 281 g/mol. The molecule has 0 aromatic heterocycles. The number of benzene rings is 1. The van der Waals surface area contributed by atoms with Crippen molar-refractivity contribution in [1.82, 2.24) is 0 Å². The van der Waals surface area contributed by atoms with Gasteiger partial charge in [-0.3, -0.25) is 0 Å². The van der Waals surface area contributed by atoms with Gasteiger partial charge in [-0.1, -0.05) is 37.3 Å². The highest BCUT2D eigenvalue weighted by molar-refractivity contribution is 6.55. The van der Waals surface area contributed by atoms with E-state index in [1.807, 2.05) is 0 Å². The number of alkyl halides is 4. The molecule has 0 aliphatic rings. The van der Waals surface area contributed by atoms with E-state index in [9.17, 15) is 13.2 Å². The molecule has 1 unspecified atom stereocenters. The summed E-state index contributed by atoms with van der Waals surface area (Å²) in [7, 11) is -0.703. The van der Waals surface area contributed by atoms with Crippen LogP contribution in [-0.2, 0) is 6.18 Å². The van der Waals surface area contributed by atoms with Crippen molar-refractivity contribution in [3.63, 3.8) is 0 Å². The Morgan fingerprint density at radius 3 is 2.47 bits per heavy atom. The molecule has 0 spiro atoms. The highest BCUT2D eigenvalue weighted by Crippen LogP contribution is 2.33. The van der Waals surface area contributed by atoms with Gasteiger partial charge in [-0.2, -0.15) is 13.2 Å². The van der Waals surface area contributed by atoms with Crippen LogP contribution in [-0.4, -0.2) is 8.80 Å². The van der Waals surface area contributed by atoms with Crippen LogP contribution >= 0.6 is 11.6 Å². The predicted octanol–water partition coefficient (Wildman–Crippen LogP) is 4.86. The molecule has 5 heteroatoms. The first-order valence-electron chi connectivity index (χ1n) is 5.62. The monoisotopic (exact) mass is 280 g/mol. The van der Waals surface area contributed by atoms with Gasteiger partial charge in [-0.15, -0.1) is 11.6 Å². The lowest BCUT2D eigenvalue weighted by Gasteiger charge is -2.13. The predicted molar refractivity (Wildman–Crippen MR) is 68.3 cm³/mol. The lowest BCUT2D eigenvalue weighted by Crippen LogP contribution is -2.06. The van der Waals surface area contributed by atoms with Crippen LogP contribution in [0.15, 0.2) is 24.3 Å². The summed E-state index contributed by atoms with van der Waals surface area (Å²) in [5, 5.41) is -0.313. The van der Waals surface area contributed by atoms with Gasteiger partial charge in [0.2, 0.25) is 0 Å². The van der Waals surface area contributed by atoms with E-state index in [0.29, 0.717) is 5.56 Å². The lowest BCUT2D eigenvalue weighted by atomic mass is 10.1. The van der Waals surface area contributed by atoms with E-state index < -0.39 is 20.5 Å². The van der Waals surface area contributed by atoms with Gasteiger partial charge in [0.15, 0.2) is 0 Å². The molecule has 0 amide bonds. The van der Waals surface area contributed by atoms with Crippen LogP contribution in [0.5, 0.6) is 0 Å². The van der Waals surface area contributed by atoms with Crippen LogP contribution in [0.3, 0.4) is 0 Å². The Balaban J connectivity index is 2.77. The van der Waals surface area contributed by atoms with Gasteiger partial charge in [0.25, 0.3) is 0 Å². The van der Waals surface area contributed by atoms with E-state index in [-0.39, 0.29) is 5.38 Å². The minimum absolute atomic E-state index is 0.313. The van der Waals surface area contributed by atoms with E-state index in [1.54, 1.807) is 6.07 Å². The smallest absolute Gasteiger partial charge is 0.166 e. The van der Waals surface area contributed by atoms with Crippen LogP contribution < -0.4 is 0 Å². The van der Waals surface area contributed by atoms with Crippen LogP contribution in [0.4, 0.5) is 13.2 Å². The van der Waals surface area contributed by atoms with Crippen molar-refractivity contribution in [2.75, 3.05) is 0 Å². The summed E-state index contributed by atoms with van der Waals surface area (Å²) in [6, 6.07) is 6.35. The lowest BCUT2D eigenvalue weighted by molar-refractivity contribution is -0.137. The van der Waals surface area contributed by atoms with Gasteiger partial charge < -0.3 is 0 Å². The molecule has 0 fully saturated rings. The van der Waals surface area contributed by atoms with Gasteiger partial charge in [0.05, 0.1) is 10.9 Å². The van der Waals surface area contributed by atoms with Crippen molar-refractivity contribution in [1.29, 1.82) is 0 Å². The second kappa shape index (κ2) is 5.91. The summed E-state index contributed by atoms with van der Waals surface area (Å²) in [4.78, 5) is 0. The maximum atomic E-state index is 12.5. The minimum atomic E-state index is -4.29. The molecular weight excluding hydrogens is 265 g/mol. The standard InChI is InChI=1S/C12H16ClF3Si/c1-17(2)7-6-11(13)9-4-3-5-10(8-9)12(14,15)16/h3-5,8,11,17H,6-7H2,1-2H3. The van der Waals surface area contributed by atoms with E-state index >= 15 is 0 Å². The molecule has 0 heterocycles. The molecule has 0 nitrogen and oxygen atoms in total. The summed E-state index contributed by atoms with van der Waals surface area (Å²) in [5.74, 6) is 0. The van der Waals surface area contributed by atoms with Crippen LogP contribution in [0.1, 0.15) is 22.9 Å². The molecule has 0 saturated carbocycles. The number of halogens is 4. The molecule has 96 valence electrons. The quantitative estimate of drug-likeness (QED) is 0.546. The molecule has 1 aromatic carbocycles. The average Bonchev–Trinajstić information content (AvgIpc) is 2.25. The number of rotatable bonds is 4. The van der Waals surface area contributed by atoms with Crippen LogP contribution in [0.2, 0.25) is 19.1 Å². The zero-order chi connectivity index (χ0) is 13.1. The van der Waals surface area contributed by atoms with Crippen molar-refractivity contribution in [3.05, 3.63) is 35.4 Å². The summed E-state index contributed by atoms with van der Waals surface area (Å²) >= 11 is 6.13. The molecule has 0 radical (unpaired) electrons. The van der Waals surface area contributed by atoms with Crippen molar-refractivity contribution in [2.24, 2.45) is 0 Å².